The second kappa shape index (κ2) is 9.98. The molecule has 156 valence electrons. The molecule has 1 aromatic carbocycles. The number of hydrogen-bond acceptors (Lipinski definition) is 6. The Kier molecular flexibility index (Phi) is 7.39. The third-order valence-electron chi connectivity index (χ3n) is 5.53. The average molecular weight is 392 g/mol. The molecule has 3 rings (SSSR count). The van der Waals surface area contributed by atoms with Gasteiger partial charge in [0.05, 0.1) is 6.04 Å². The third kappa shape index (κ3) is 4.89. The number of nitrogens with one attached hydrogen (secondary N) is 1. The van der Waals surface area contributed by atoms with Crippen molar-refractivity contribution >= 4 is 6.09 Å². The lowest BCUT2D eigenvalue weighted by Gasteiger charge is -2.32. The lowest BCUT2D eigenvalue weighted by molar-refractivity contribution is 0.0401. The molecule has 0 aliphatic carbocycles. The number of benzene rings is 1. The van der Waals surface area contributed by atoms with Gasteiger partial charge in [-0.1, -0.05) is 6.07 Å². The van der Waals surface area contributed by atoms with Crippen molar-refractivity contribution in [2.75, 3.05) is 53.0 Å². The highest BCUT2D eigenvalue weighted by atomic mass is 16.6. The molecule has 0 aromatic heterocycles. The maximum Gasteiger partial charge on any atom is 0.410 e. The van der Waals surface area contributed by atoms with E-state index >= 15 is 0 Å². The normalized spacial score (nSPS) is 18.5. The average Bonchev–Trinajstić information content (AvgIpc) is 3.24. The molecule has 0 bridgehead atoms. The van der Waals surface area contributed by atoms with Crippen LogP contribution in [-0.2, 0) is 4.74 Å². The van der Waals surface area contributed by atoms with Crippen LogP contribution in [0.2, 0.25) is 0 Å². The van der Waals surface area contributed by atoms with Gasteiger partial charge in [0.25, 0.3) is 0 Å². The molecule has 7 nitrogen and oxygen atoms in total. The first kappa shape index (κ1) is 20.7. The molecule has 0 saturated carbocycles. The Hall–Kier alpha value is -1.99. The number of likely N-dealkylation sites (tertiary alicyclic amines) is 1. The quantitative estimate of drug-likeness (QED) is 0.735. The van der Waals surface area contributed by atoms with E-state index in [9.17, 15) is 4.79 Å². The number of hydrogen-bond donors (Lipinski definition) is 1. The van der Waals surface area contributed by atoms with Crippen LogP contribution in [0.1, 0.15) is 38.4 Å². The highest BCUT2D eigenvalue weighted by Gasteiger charge is 2.31. The highest BCUT2D eigenvalue weighted by Crippen LogP contribution is 2.35. The minimum Gasteiger partial charge on any atom is -0.486 e. The van der Waals surface area contributed by atoms with Crippen molar-refractivity contribution in [2.45, 2.75) is 38.8 Å². The van der Waals surface area contributed by atoms with Gasteiger partial charge in [-0.05, 0) is 64.5 Å². The van der Waals surface area contributed by atoms with Crippen LogP contribution in [0.15, 0.2) is 18.2 Å². The Morgan fingerprint density at radius 1 is 1.18 bits per heavy atom. The Balaban J connectivity index is 1.85. The van der Waals surface area contributed by atoms with Crippen molar-refractivity contribution in [1.29, 1.82) is 0 Å². The molecule has 28 heavy (non-hydrogen) atoms. The second-order valence-electron chi connectivity index (χ2n) is 7.28. The standard InChI is InChI=1S/C21H33N3O4/c1-4-24(5-2)21(25)28-20(17(22-3)15-23-10-6-7-11-23)16-8-9-18-19(14-16)27-13-12-26-18/h8-9,14,17,20,22H,4-7,10-13,15H2,1-3H3/t17-,20-/m1/s1. The molecule has 0 unspecified atom stereocenters. The summed E-state index contributed by atoms with van der Waals surface area (Å²) in [5.74, 6) is 1.45. The molecule has 1 aromatic rings. The number of rotatable bonds is 8. The van der Waals surface area contributed by atoms with Crippen LogP contribution in [0.5, 0.6) is 11.5 Å². The monoisotopic (exact) mass is 391 g/mol. The van der Waals surface area contributed by atoms with E-state index in [0.717, 1.165) is 30.9 Å². The Morgan fingerprint density at radius 3 is 2.50 bits per heavy atom. The van der Waals surface area contributed by atoms with Crippen LogP contribution in [-0.4, -0.2) is 74.9 Å². The van der Waals surface area contributed by atoms with Gasteiger partial charge in [0.2, 0.25) is 0 Å². The fourth-order valence-corrected chi connectivity index (χ4v) is 3.87. The van der Waals surface area contributed by atoms with E-state index in [0.29, 0.717) is 32.1 Å². The van der Waals surface area contributed by atoms with Gasteiger partial charge in [-0.15, -0.1) is 0 Å². The Morgan fingerprint density at radius 2 is 1.86 bits per heavy atom. The number of amides is 1. The topological polar surface area (TPSA) is 63.3 Å². The van der Waals surface area contributed by atoms with Gasteiger partial charge >= 0.3 is 6.09 Å². The largest absolute Gasteiger partial charge is 0.486 e. The van der Waals surface area contributed by atoms with E-state index in [1.807, 2.05) is 39.1 Å². The summed E-state index contributed by atoms with van der Waals surface area (Å²) < 4.78 is 17.4. The first-order chi connectivity index (χ1) is 13.7. The molecule has 0 spiro atoms. The molecule has 7 heteroatoms. The van der Waals surface area contributed by atoms with Crippen molar-refractivity contribution in [3.8, 4) is 11.5 Å². The zero-order valence-corrected chi connectivity index (χ0v) is 17.3. The molecule has 1 saturated heterocycles. The third-order valence-corrected chi connectivity index (χ3v) is 5.53. The van der Waals surface area contributed by atoms with Crippen molar-refractivity contribution in [3.63, 3.8) is 0 Å². The molecule has 1 fully saturated rings. The molecule has 2 aliphatic rings. The summed E-state index contributed by atoms with van der Waals surface area (Å²) in [5.41, 5.74) is 0.920. The van der Waals surface area contributed by atoms with Gasteiger partial charge in [-0.3, -0.25) is 0 Å². The minimum atomic E-state index is -0.408. The molecular weight excluding hydrogens is 358 g/mol. The van der Waals surface area contributed by atoms with E-state index in [1.165, 1.54) is 12.8 Å². The molecule has 0 radical (unpaired) electrons. The zero-order chi connectivity index (χ0) is 19.9. The van der Waals surface area contributed by atoms with Crippen molar-refractivity contribution in [3.05, 3.63) is 23.8 Å². The first-order valence-corrected chi connectivity index (χ1v) is 10.4. The van der Waals surface area contributed by atoms with Crippen LogP contribution < -0.4 is 14.8 Å². The number of nitrogens with zero attached hydrogens (tertiary/aromatic N) is 2. The van der Waals surface area contributed by atoms with Crippen molar-refractivity contribution in [2.24, 2.45) is 0 Å². The molecular formula is C21H33N3O4. The first-order valence-electron chi connectivity index (χ1n) is 10.4. The lowest BCUT2D eigenvalue weighted by Crippen LogP contribution is -2.45. The number of likely N-dealkylation sites (N-methyl/N-ethyl adjacent to an activating group) is 1. The molecule has 1 amide bonds. The number of ether oxygens (including phenoxy) is 3. The lowest BCUT2D eigenvalue weighted by atomic mass is 10.0. The maximum atomic E-state index is 12.7. The second-order valence-corrected chi connectivity index (χ2v) is 7.28. The predicted octanol–water partition coefficient (Wildman–Crippen LogP) is 2.66. The smallest absolute Gasteiger partial charge is 0.410 e. The summed E-state index contributed by atoms with van der Waals surface area (Å²) in [4.78, 5) is 16.9. The van der Waals surface area contributed by atoms with E-state index in [-0.39, 0.29) is 12.1 Å². The van der Waals surface area contributed by atoms with Gasteiger partial charge in [0, 0.05) is 19.6 Å². The Labute approximate surface area is 167 Å². The molecule has 2 aliphatic heterocycles. The summed E-state index contributed by atoms with van der Waals surface area (Å²) >= 11 is 0. The summed E-state index contributed by atoms with van der Waals surface area (Å²) in [6.45, 7) is 9.28. The van der Waals surface area contributed by atoms with Gasteiger partial charge < -0.3 is 29.3 Å². The van der Waals surface area contributed by atoms with Crippen LogP contribution in [0, 0.1) is 0 Å². The number of carbonyl (C=O) groups is 1. The van der Waals surface area contributed by atoms with Crippen LogP contribution in [0.25, 0.3) is 0 Å². The summed E-state index contributed by atoms with van der Waals surface area (Å²) in [5, 5.41) is 3.38. The number of carbonyl (C=O) groups excluding carboxylic acids is 1. The summed E-state index contributed by atoms with van der Waals surface area (Å²) in [7, 11) is 1.93. The summed E-state index contributed by atoms with van der Waals surface area (Å²) in [6.07, 6.45) is 1.76. The van der Waals surface area contributed by atoms with Crippen molar-refractivity contribution < 1.29 is 19.0 Å². The SMILES string of the molecule is CCN(CC)C(=O)O[C@H](c1ccc2c(c1)OCCO2)[C@@H](CN1CCCC1)NC. The van der Waals surface area contributed by atoms with Crippen LogP contribution in [0.3, 0.4) is 0 Å². The minimum absolute atomic E-state index is 0.0137. The molecule has 2 heterocycles. The van der Waals surface area contributed by atoms with Crippen LogP contribution >= 0.6 is 0 Å². The van der Waals surface area contributed by atoms with Gasteiger partial charge in [0.1, 0.15) is 19.3 Å². The fourth-order valence-electron chi connectivity index (χ4n) is 3.87. The van der Waals surface area contributed by atoms with Gasteiger partial charge in [0.15, 0.2) is 11.5 Å². The predicted molar refractivity (Wildman–Crippen MR) is 108 cm³/mol. The number of fused-ring (bicyclic) bond motifs is 1. The Bertz CT molecular complexity index is 645. The van der Waals surface area contributed by atoms with E-state index in [4.69, 9.17) is 14.2 Å². The fraction of sp³-hybridized carbons (Fsp3) is 0.667. The van der Waals surface area contributed by atoms with Gasteiger partial charge in [-0.2, -0.15) is 0 Å². The van der Waals surface area contributed by atoms with Crippen molar-refractivity contribution in [1.82, 2.24) is 15.1 Å². The molecule has 2 atom stereocenters. The molecule has 1 N–H and O–H groups in total. The van der Waals surface area contributed by atoms with E-state index in [1.54, 1.807) is 4.90 Å². The maximum absolute atomic E-state index is 12.7. The highest BCUT2D eigenvalue weighted by molar-refractivity contribution is 5.68. The van der Waals surface area contributed by atoms with Crippen LogP contribution in [0.4, 0.5) is 4.79 Å². The summed E-state index contributed by atoms with van der Waals surface area (Å²) in [6, 6.07) is 5.82. The van der Waals surface area contributed by atoms with E-state index < -0.39 is 6.10 Å². The van der Waals surface area contributed by atoms with Gasteiger partial charge in [-0.25, -0.2) is 4.79 Å². The zero-order valence-electron chi connectivity index (χ0n) is 17.3. The van der Waals surface area contributed by atoms with E-state index in [2.05, 4.69) is 10.2 Å².